The van der Waals surface area contributed by atoms with Crippen molar-refractivity contribution in [2.24, 2.45) is 5.92 Å². The van der Waals surface area contributed by atoms with E-state index in [-0.39, 0.29) is 23.4 Å². The molecule has 3 atom stereocenters. The van der Waals surface area contributed by atoms with Gasteiger partial charge in [0.15, 0.2) is 22.9 Å². The second-order valence-electron chi connectivity index (χ2n) is 10.9. The van der Waals surface area contributed by atoms with Crippen molar-refractivity contribution in [3.05, 3.63) is 130 Å². The number of fused-ring (bicyclic) bond motifs is 5. The second-order valence-corrected chi connectivity index (χ2v) is 10.9. The van der Waals surface area contributed by atoms with Crippen molar-refractivity contribution >= 4 is 17.3 Å². The van der Waals surface area contributed by atoms with Crippen molar-refractivity contribution in [1.82, 2.24) is 4.90 Å². The van der Waals surface area contributed by atoms with Crippen LogP contribution >= 0.6 is 0 Å². The number of nitrogens with zero attached hydrogens (tertiary/aromatic N) is 1. The summed E-state index contributed by atoms with van der Waals surface area (Å²) in [6, 6.07) is 29.4. The monoisotopic (exact) mass is 543 g/mol. The molecule has 0 radical (unpaired) electrons. The van der Waals surface area contributed by atoms with E-state index >= 15 is 0 Å². The first kappa shape index (κ1) is 25.4. The fourth-order valence-electron chi connectivity index (χ4n) is 7.43. The van der Waals surface area contributed by atoms with Gasteiger partial charge in [-0.2, -0.15) is 0 Å². The molecule has 2 heterocycles. The van der Waals surface area contributed by atoms with Crippen molar-refractivity contribution in [2.45, 2.75) is 23.9 Å². The zero-order chi connectivity index (χ0) is 28.3. The lowest BCUT2D eigenvalue weighted by molar-refractivity contribution is 0.0409. The summed E-state index contributed by atoms with van der Waals surface area (Å²) < 4.78 is 10.8. The summed E-state index contributed by atoms with van der Waals surface area (Å²) in [5.74, 6) is -0.889. The standard InChI is InChI=1S/C35H29NO5/c1-40-24-15-11-22(12-16-24)29-30(32(37)23-13-17-25(41-2)18-14-23)35(33(38)27-9-5-6-10-28(27)34(35)39)36-20-19-21-7-3-4-8-26(21)31(29)36/h3-18,29-31H,19-20H2,1-2H3/t29-,30+,31+/m0/s1. The molecule has 3 aliphatic rings. The fourth-order valence-corrected chi connectivity index (χ4v) is 7.43. The Morgan fingerprint density at radius 3 is 1.93 bits per heavy atom. The molecule has 2 aliphatic heterocycles. The van der Waals surface area contributed by atoms with E-state index in [2.05, 4.69) is 17.0 Å². The van der Waals surface area contributed by atoms with Crippen LogP contribution in [-0.2, 0) is 6.42 Å². The quantitative estimate of drug-likeness (QED) is 0.237. The molecule has 4 aromatic rings. The number of carbonyl (C=O) groups is 3. The smallest absolute Gasteiger partial charge is 0.192 e. The molecule has 1 spiro atoms. The first-order valence-corrected chi connectivity index (χ1v) is 13.9. The largest absolute Gasteiger partial charge is 0.497 e. The van der Waals surface area contributed by atoms with Gasteiger partial charge in [0.05, 0.1) is 20.1 Å². The molecule has 41 heavy (non-hydrogen) atoms. The van der Waals surface area contributed by atoms with E-state index in [1.807, 2.05) is 36.4 Å². The maximum Gasteiger partial charge on any atom is 0.192 e. The van der Waals surface area contributed by atoms with Crippen LogP contribution in [0.25, 0.3) is 0 Å². The molecule has 0 saturated carbocycles. The van der Waals surface area contributed by atoms with Gasteiger partial charge in [-0.05, 0) is 59.5 Å². The van der Waals surface area contributed by atoms with E-state index in [1.165, 1.54) is 5.56 Å². The van der Waals surface area contributed by atoms with Crippen LogP contribution in [0.1, 0.15) is 59.7 Å². The number of hydrogen-bond donors (Lipinski definition) is 0. The Balaban J connectivity index is 1.51. The number of Topliss-reactive ketones (excluding diaryl/α,β-unsaturated/α-hetero) is 3. The molecule has 4 aromatic carbocycles. The van der Waals surface area contributed by atoms with E-state index in [0.29, 0.717) is 41.2 Å². The first-order chi connectivity index (χ1) is 20.0. The third kappa shape index (κ3) is 3.50. The lowest BCUT2D eigenvalue weighted by atomic mass is 9.69. The van der Waals surface area contributed by atoms with Gasteiger partial charge in [-0.15, -0.1) is 0 Å². The molecule has 204 valence electrons. The second kappa shape index (κ2) is 9.53. The summed E-state index contributed by atoms with van der Waals surface area (Å²) in [7, 11) is 3.19. The summed E-state index contributed by atoms with van der Waals surface area (Å²) in [6.07, 6.45) is 0.685. The van der Waals surface area contributed by atoms with E-state index in [0.717, 1.165) is 11.1 Å². The Hall–Kier alpha value is -4.55. The minimum Gasteiger partial charge on any atom is -0.497 e. The molecule has 0 amide bonds. The molecule has 0 unspecified atom stereocenters. The van der Waals surface area contributed by atoms with E-state index < -0.39 is 17.4 Å². The average Bonchev–Trinajstić information content (AvgIpc) is 3.47. The van der Waals surface area contributed by atoms with E-state index in [1.54, 1.807) is 62.8 Å². The van der Waals surface area contributed by atoms with E-state index in [9.17, 15) is 14.4 Å². The van der Waals surface area contributed by atoms with Gasteiger partial charge in [0.2, 0.25) is 0 Å². The predicted octanol–water partition coefficient (Wildman–Crippen LogP) is 5.72. The number of benzene rings is 4. The van der Waals surface area contributed by atoms with Crippen LogP contribution < -0.4 is 9.47 Å². The predicted molar refractivity (Wildman–Crippen MR) is 154 cm³/mol. The number of ether oxygens (including phenoxy) is 2. The number of hydrogen-bond acceptors (Lipinski definition) is 6. The van der Waals surface area contributed by atoms with Crippen LogP contribution in [0.15, 0.2) is 97.1 Å². The summed E-state index contributed by atoms with van der Waals surface area (Å²) >= 11 is 0. The number of ketones is 3. The van der Waals surface area contributed by atoms with Crippen LogP contribution in [-0.4, -0.2) is 48.6 Å². The normalized spacial score (nSPS) is 22.2. The first-order valence-electron chi connectivity index (χ1n) is 13.9. The highest BCUT2D eigenvalue weighted by Gasteiger charge is 2.72. The lowest BCUT2D eigenvalue weighted by Crippen LogP contribution is -2.60. The minimum atomic E-state index is -1.65. The van der Waals surface area contributed by atoms with Crippen LogP contribution in [0.2, 0.25) is 0 Å². The Morgan fingerprint density at radius 2 is 1.32 bits per heavy atom. The van der Waals surface area contributed by atoms with Crippen molar-refractivity contribution < 1.29 is 23.9 Å². The third-order valence-corrected chi connectivity index (χ3v) is 9.20. The Morgan fingerprint density at radius 1 is 0.756 bits per heavy atom. The van der Waals surface area contributed by atoms with Gasteiger partial charge in [-0.3, -0.25) is 19.3 Å². The zero-order valence-electron chi connectivity index (χ0n) is 22.9. The third-order valence-electron chi connectivity index (χ3n) is 9.20. The Labute approximate surface area is 238 Å². The van der Waals surface area contributed by atoms with Gasteiger partial charge >= 0.3 is 0 Å². The van der Waals surface area contributed by atoms with Crippen LogP contribution in [0.3, 0.4) is 0 Å². The summed E-state index contributed by atoms with van der Waals surface area (Å²) in [5.41, 5.74) is 2.69. The Bertz CT molecular complexity index is 1660. The highest BCUT2D eigenvalue weighted by Crippen LogP contribution is 2.61. The molecule has 0 aromatic heterocycles. The number of methoxy groups -OCH3 is 2. The highest BCUT2D eigenvalue weighted by molar-refractivity contribution is 6.35. The van der Waals surface area contributed by atoms with Gasteiger partial charge in [-0.25, -0.2) is 0 Å². The highest BCUT2D eigenvalue weighted by atomic mass is 16.5. The van der Waals surface area contributed by atoms with Crippen LogP contribution in [0, 0.1) is 5.92 Å². The molecule has 7 rings (SSSR count). The molecule has 1 aliphatic carbocycles. The number of rotatable bonds is 5. The molecule has 0 N–H and O–H groups in total. The summed E-state index contributed by atoms with van der Waals surface area (Å²) in [6.45, 7) is 0.492. The van der Waals surface area contributed by atoms with Gasteiger partial charge < -0.3 is 9.47 Å². The van der Waals surface area contributed by atoms with Crippen LogP contribution in [0.5, 0.6) is 11.5 Å². The SMILES string of the molecule is COc1ccc(C(=O)[C@H]2[C@H](c3ccc(OC)cc3)[C@H]3c4ccccc4CCN3C23C(=O)c2ccccc2C3=O)cc1. The van der Waals surface area contributed by atoms with Gasteiger partial charge in [0, 0.05) is 35.2 Å². The maximum absolute atomic E-state index is 14.8. The average molecular weight is 544 g/mol. The van der Waals surface area contributed by atoms with Gasteiger partial charge in [0.1, 0.15) is 11.5 Å². The number of carbonyl (C=O) groups excluding carboxylic acids is 3. The molecular formula is C35H29NO5. The van der Waals surface area contributed by atoms with Gasteiger partial charge in [0.25, 0.3) is 0 Å². The van der Waals surface area contributed by atoms with Crippen molar-refractivity contribution in [3.8, 4) is 11.5 Å². The van der Waals surface area contributed by atoms with Crippen LogP contribution in [0.4, 0.5) is 0 Å². The van der Waals surface area contributed by atoms with E-state index in [4.69, 9.17) is 9.47 Å². The summed E-state index contributed by atoms with van der Waals surface area (Å²) in [4.78, 5) is 46.2. The lowest BCUT2D eigenvalue weighted by Gasteiger charge is -2.41. The molecule has 6 heteroatoms. The molecule has 1 fully saturated rings. The zero-order valence-corrected chi connectivity index (χ0v) is 22.9. The molecule has 0 bridgehead atoms. The molecular weight excluding hydrogens is 514 g/mol. The van der Waals surface area contributed by atoms with Crippen molar-refractivity contribution in [1.29, 1.82) is 0 Å². The Kier molecular flexibility index (Phi) is 5.91. The van der Waals surface area contributed by atoms with Gasteiger partial charge in [-0.1, -0.05) is 60.7 Å². The fraction of sp³-hybridized carbons (Fsp3) is 0.229. The van der Waals surface area contributed by atoms with Crippen molar-refractivity contribution in [3.63, 3.8) is 0 Å². The minimum absolute atomic E-state index is 0.227. The topological polar surface area (TPSA) is 72.9 Å². The maximum atomic E-state index is 14.8. The molecule has 1 saturated heterocycles. The van der Waals surface area contributed by atoms with Crippen molar-refractivity contribution in [2.75, 3.05) is 20.8 Å². The summed E-state index contributed by atoms with van der Waals surface area (Å²) in [5, 5.41) is 0. The molecule has 6 nitrogen and oxygen atoms in total.